The van der Waals surface area contributed by atoms with Crippen LogP contribution in [0.15, 0.2) is 6.07 Å². The van der Waals surface area contributed by atoms with Crippen LogP contribution in [0.1, 0.15) is 37.0 Å². The van der Waals surface area contributed by atoms with Crippen LogP contribution in [0.2, 0.25) is 0 Å². The number of aromatic amines is 1. The summed E-state index contributed by atoms with van der Waals surface area (Å²) in [5.74, 6) is -0.0106. The van der Waals surface area contributed by atoms with E-state index in [1.165, 1.54) is 0 Å². The minimum Gasteiger partial charge on any atom is -0.375 e. The third kappa shape index (κ3) is 2.49. The zero-order valence-electron chi connectivity index (χ0n) is 10.6. The Bertz CT molecular complexity index is 402. The summed E-state index contributed by atoms with van der Waals surface area (Å²) in [7, 11) is 0. The van der Waals surface area contributed by atoms with Gasteiger partial charge in [0, 0.05) is 12.2 Å². The first-order valence-corrected chi connectivity index (χ1v) is 6.08. The second-order valence-corrected chi connectivity index (χ2v) is 4.58. The Labute approximate surface area is 101 Å². The summed E-state index contributed by atoms with van der Waals surface area (Å²) >= 11 is 0. The average Bonchev–Trinajstić information content (AvgIpc) is 2.80. The summed E-state index contributed by atoms with van der Waals surface area (Å²) in [5.41, 5.74) is 1.49. The number of hydrogen-bond acceptors (Lipinski definition) is 3. The lowest BCUT2D eigenvalue weighted by molar-refractivity contribution is -0.0389. The summed E-state index contributed by atoms with van der Waals surface area (Å²) in [4.78, 5) is 14.1. The molecule has 94 valence electrons. The van der Waals surface area contributed by atoms with Gasteiger partial charge < -0.3 is 9.64 Å². The molecule has 5 nitrogen and oxygen atoms in total. The number of amides is 1. The topological polar surface area (TPSA) is 58.2 Å². The van der Waals surface area contributed by atoms with Gasteiger partial charge in [-0.05, 0) is 26.3 Å². The van der Waals surface area contributed by atoms with Gasteiger partial charge in [0.25, 0.3) is 5.91 Å². The molecule has 1 N–H and O–H groups in total. The van der Waals surface area contributed by atoms with Crippen molar-refractivity contribution in [2.24, 2.45) is 0 Å². The highest BCUT2D eigenvalue weighted by Gasteiger charge is 2.29. The normalized spacial score (nSPS) is 25.0. The van der Waals surface area contributed by atoms with Gasteiger partial charge in [-0.1, -0.05) is 6.92 Å². The van der Waals surface area contributed by atoms with E-state index in [-0.39, 0.29) is 18.1 Å². The minimum absolute atomic E-state index is 0.0106. The second-order valence-electron chi connectivity index (χ2n) is 4.58. The number of carbonyl (C=O) groups excluding carboxylic acids is 1. The fraction of sp³-hybridized carbons (Fsp3) is 0.667. The van der Waals surface area contributed by atoms with Gasteiger partial charge in [0.15, 0.2) is 0 Å². The van der Waals surface area contributed by atoms with Gasteiger partial charge in [-0.2, -0.15) is 5.10 Å². The molecule has 1 saturated heterocycles. The van der Waals surface area contributed by atoms with Gasteiger partial charge in [0.05, 0.1) is 18.8 Å². The van der Waals surface area contributed by atoms with Crippen molar-refractivity contribution in [2.75, 3.05) is 13.2 Å². The van der Waals surface area contributed by atoms with Crippen LogP contribution >= 0.6 is 0 Å². The lowest BCUT2D eigenvalue weighted by Crippen LogP contribution is -2.50. The molecule has 1 aliphatic heterocycles. The van der Waals surface area contributed by atoms with Gasteiger partial charge in [-0.15, -0.1) is 0 Å². The molecule has 0 bridgehead atoms. The number of aryl methyl sites for hydroxylation is 1. The lowest BCUT2D eigenvalue weighted by atomic mass is 10.2. The fourth-order valence-electron chi connectivity index (χ4n) is 1.99. The van der Waals surface area contributed by atoms with Crippen molar-refractivity contribution in [3.05, 3.63) is 17.5 Å². The third-order valence-electron chi connectivity index (χ3n) is 3.10. The number of hydrogen-bond donors (Lipinski definition) is 1. The largest absolute Gasteiger partial charge is 0.375 e. The Kier molecular flexibility index (Phi) is 3.47. The summed E-state index contributed by atoms with van der Waals surface area (Å²) in [6.45, 7) is 7.23. The van der Waals surface area contributed by atoms with Crippen LogP contribution in [0.25, 0.3) is 0 Å². The van der Waals surface area contributed by atoms with E-state index in [2.05, 4.69) is 10.2 Å². The number of nitrogens with one attached hydrogen (secondary N) is 1. The van der Waals surface area contributed by atoms with Crippen molar-refractivity contribution >= 4 is 5.91 Å². The van der Waals surface area contributed by atoms with Crippen molar-refractivity contribution in [2.45, 2.75) is 39.3 Å². The molecule has 1 fully saturated rings. The van der Waals surface area contributed by atoms with E-state index in [4.69, 9.17) is 4.74 Å². The average molecular weight is 237 g/mol. The molecule has 1 aromatic heterocycles. The van der Waals surface area contributed by atoms with Gasteiger partial charge in [0.1, 0.15) is 5.69 Å². The molecule has 0 radical (unpaired) electrons. The van der Waals surface area contributed by atoms with Crippen LogP contribution in [0.5, 0.6) is 0 Å². The Morgan fingerprint density at radius 1 is 1.65 bits per heavy atom. The van der Waals surface area contributed by atoms with Crippen LogP contribution in [0.3, 0.4) is 0 Å². The molecule has 1 amide bonds. The number of aromatic nitrogens is 2. The van der Waals surface area contributed by atoms with Crippen LogP contribution < -0.4 is 0 Å². The van der Waals surface area contributed by atoms with E-state index >= 15 is 0 Å². The van der Waals surface area contributed by atoms with E-state index in [0.29, 0.717) is 18.8 Å². The predicted molar refractivity (Wildman–Crippen MR) is 63.9 cm³/mol. The third-order valence-corrected chi connectivity index (χ3v) is 3.10. The summed E-state index contributed by atoms with van der Waals surface area (Å²) < 4.78 is 5.51. The van der Waals surface area contributed by atoms with E-state index in [0.717, 1.165) is 12.1 Å². The van der Waals surface area contributed by atoms with Crippen molar-refractivity contribution in [1.82, 2.24) is 15.1 Å². The maximum Gasteiger partial charge on any atom is 0.274 e. The molecule has 17 heavy (non-hydrogen) atoms. The van der Waals surface area contributed by atoms with Gasteiger partial charge >= 0.3 is 0 Å². The number of rotatable bonds is 2. The van der Waals surface area contributed by atoms with Gasteiger partial charge in [-0.3, -0.25) is 9.89 Å². The zero-order valence-corrected chi connectivity index (χ0v) is 10.6. The smallest absolute Gasteiger partial charge is 0.274 e. The molecule has 2 rings (SSSR count). The fourth-order valence-corrected chi connectivity index (χ4v) is 1.99. The van der Waals surface area contributed by atoms with Crippen molar-refractivity contribution in [3.63, 3.8) is 0 Å². The first-order valence-electron chi connectivity index (χ1n) is 6.08. The molecule has 1 aliphatic rings. The van der Waals surface area contributed by atoms with Crippen LogP contribution in [0, 0.1) is 0 Å². The maximum atomic E-state index is 12.3. The Balaban J connectivity index is 2.12. The first kappa shape index (κ1) is 12.1. The number of H-pyrrole nitrogens is 1. The van der Waals surface area contributed by atoms with Crippen LogP contribution in [-0.4, -0.2) is 46.3 Å². The van der Waals surface area contributed by atoms with Crippen molar-refractivity contribution in [3.8, 4) is 0 Å². The summed E-state index contributed by atoms with van der Waals surface area (Å²) in [6, 6.07) is 1.94. The molecule has 0 saturated carbocycles. The molecule has 1 aromatic rings. The van der Waals surface area contributed by atoms with E-state index in [1.807, 2.05) is 31.7 Å². The summed E-state index contributed by atoms with van der Waals surface area (Å²) in [6.07, 6.45) is 0.953. The molecule has 2 heterocycles. The molecule has 0 spiro atoms. The van der Waals surface area contributed by atoms with Crippen LogP contribution in [-0.2, 0) is 11.2 Å². The Hall–Kier alpha value is -1.36. The highest BCUT2D eigenvalue weighted by molar-refractivity contribution is 5.92. The number of carbonyl (C=O) groups is 1. The zero-order chi connectivity index (χ0) is 12.4. The second kappa shape index (κ2) is 4.87. The number of morpholine rings is 1. The predicted octanol–water partition coefficient (Wildman–Crippen LogP) is 1.22. The van der Waals surface area contributed by atoms with E-state index in [1.54, 1.807) is 0 Å². The van der Waals surface area contributed by atoms with Gasteiger partial charge in [0.2, 0.25) is 0 Å². The standard InChI is InChI=1S/C12H19N3O2/c1-4-10-5-11(14-13-10)12(16)15-6-9(3)17-7-8(15)2/h5,8-9H,4,6-7H2,1-3H3,(H,13,14)/t8-,9-/m0/s1. The SMILES string of the molecule is CCc1cc(C(=O)N2C[C@H](C)OC[C@@H]2C)n[nH]1. The molecule has 2 atom stereocenters. The molecule has 0 aliphatic carbocycles. The maximum absolute atomic E-state index is 12.3. The minimum atomic E-state index is -0.0106. The molecular weight excluding hydrogens is 218 g/mol. The first-order chi connectivity index (χ1) is 8.11. The number of nitrogens with zero attached hydrogens (tertiary/aromatic N) is 2. The highest BCUT2D eigenvalue weighted by Crippen LogP contribution is 2.15. The monoisotopic (exact) mass is 237 g/mol. The summed E-state index contributed by atoms with van der Waals surface area (Å²) in [5, 5.41) is 6.94. The van der Waals surface area contributed by atoms with Crippen LogP contribution in [0.4, 0.5) is 0 Å². The highest BCUT2D eigenvalue weighted by atomic mass is 16.5. The van der Waals surface area contributed by atoms with Gasteiger partial charge in [-0.25, -0.2) is 0 Å². The van der Waals surface area contributed by atoms with E-state index < -0.39 is 0 Å². The molecule has 0 aromatic carbocycles. The lowest BCUT2D eigenvalue weighted by Gasteiger charge is -2.36. The Morgan fingerprint density at radius 2 is 2.41 bits per heavy atom. The Morgan fingerprint density at radius 3 is 3.06 bits per heavy atom. The quantitative estimate of drug-likeness (QED) is 0.841. The molecule has 5 heteroatoms. The number of ether oxygens (including phenoxy) is 1. The molecular formula is C12H19N3O2. The van der Waals surface area contributed by atoms with Crippen molar-refractivity contribution in [1.29, 1.82) is 0 Å². The van der Waals surface area contributed by atoms with E-state index in [9.17, 15) is 4.79 Å². The molecule has 0 unspecified atom stereocenters. The van der Waals surface area contributed by atoms with Crippen molar-refractivity contribution < 1.29 is 9.53 Å².